The lowest BCUT2D eigenvalue weighted by atomic mass is 10.1. The first-order chi connectivity index (χ1) is 7.54. The van der Waals surface area contributed by atoms with Crippen molar-refractivity contribution in [2.45, 2.75) is 19.4 Å². The number of hydrogen-bond acceptors (Lipinski definition) is 3. The molecule has 0 saturated carbocycles. The molecule has 1 atom stereocenters. The van der Waals surface area contributed by atoms with Crippen LogP contribution in [0.1, 0.15) is 13.3 Å². The van der Waals surface area contributed by atoms with Crippen molar-refractivity contribution in [3.05, 3.63) is 11.6 Å². The van der Waals surface area contributed by atoms with Gasteiger partial charge in [-0.15, -0.1) is 0 Å². The third-order valence-corrected chi connectivity index (χ3v) is 2.40. The van der Waals surface area contributed by atoms with Gasteiger partial charge < -0.3 is 20.4 Å². The monoisotopic (exact) mass is 228 g/mol. The first-order valence-electron chi connectivity index (χ1n) is 5.09. The molecule has 0 fully saturated rings. The molecule has 1 aliphatic rings. The summed E-state index contributed by atoms with van der Waals surface area (Å²) in [5.41, 5.74) is 1.08. The van der Waals surface area contributed by atoms with E-state index in [0.29, 0.717) is 13.1 Å². The Balaban J connectivity index is 2.52. The number of aliphatic hydroxyl groups excluding tert-OH is 1. The number of aliphatic hydroxyl groups is 1. The average molecular weight is 228 g/mol. The lowest BCUT2D eigenvalue weighted by Gasteiger charge is -2.27. The minimum Gasteiger partial charge on any atom is -0.480 e. The first-order valence-corrected chi connectivity index (χ1v) is 5.09. The van der Waals surface area contributed by atoms with E-state index in [4.69, 9.17) is 10.2 Å². The molecule has 0 radical (unpaired) electrons. The van der Waals surface area contributed by atoms with Crippen LogP contribution in [0.3, 0.4) is 0 Å². The van der Waals surface area contributed by atoms with Crippen LogP contribution < -0.4 is 5.32 Å². The Hall–Kier alpha value is -1.56. The maximum absolute atomic E-state index is 11.6. The molecule has 0 aromatic heterocycles. The summed E-state index contributed by atoms with van der Waals surface area (Å²) in [6.45, 7) is 2.38. The summed E-state index contributed by atoms with van der Waals surface area (Å²) in [6, 6.07) is -1.69. The molecule has 1 rings (SSSR count). The highest BCUT2D eigenvalue weighted by Gasteiger charge is 2.23. The van der Waals surface area contributed by atoms with Gasteiger partial charge in [0.05, 0.1) is 6.61 Å². The molecule has 0 bridgehead atoms. The largest absolute Gasteiger partial charge is 0.480 e. The third-order valence-electron chi connectivity index (χ3n) is 2.40. The van der Waals surface area contributed by atoms with Gasteiger partial charge in [-0.05, 0) is 13.3 Å². The number of urea groups is 1. The Morgan fingerprint density at radius 2 is 2.31 bits per heavy atom. The molecule has 1 unspecified atom stereocenters. The molecule has 6 nitrogen and oxygen atoms in total. The Labute approximate surface area is 93.5 Å². The fourth-order valence-electron chi connectivity index (χ4n) is 1.51. The summed E-state index contributed by atoms with van der Waals surface area (Å²) in [6.07, 6.45) is 2.82. The zero-order valence-electron chi connectivity index (χ0n) is 9.14. The van der Waals surface area contributed by atoms with Crippen LogP contribution in [0.2, 0.25) is 0 Å². The molecule has 1 aliphatic heterocycles. The van der Waals surface area contributed by atoms with Crippen LogP contribution in [0.25, 0.3) is 0 Å². The second-order valence-electron chi connectivity index (χ2n) is 3.78. The molecule has 0 saturated heterocycles. The number of nitrogens with one attached hydrogen (secondary N) is 1. The molecule has 6 heteroatoms. The van der Waals surface area contributed by atoms with Crippen molar-refractivity contribution in [1.29, 1.82) is 0 Å². The van der Waals surface area contributed by atoms with Gasteiger partial charge in [0.25, 0.3) is 0 Å². The van der Waals surface area contributed by atoms with Crippen molar-refractivity contribution < 1.29 is 19.8 Å². The fraction of sp³-hybridized carbons (Fsp3) is 0.600. The van der Waals surface area contributed by atoms with Crippen molar-refractivity contribution in [3.63, 3.8) is 0 Å². The zero-order valence-corrected chi connectivity index (χ0v) is 9.14. The van der Waals surface area contributed by atoms with E-state index < -0.39 is 24.6 Å². The van der Waals surface area contributed by atoms with Gasteiger partial charge in [-0.25, -0.2) is 9.59 Å². The van der Waals surface area contributed by atoms with Crippen LogP contribution in [0.15, 0.2) is 11.6 Å². The summed E-state index contributed by atoms with van der Waals surface area (Å²) < 4.78 is 0. The molecule has 90 valence electrons. The summed E-state index contributed by atoms with van der Waals surface area (Å²) in [5.74, 6) is -1.24. The maximum Gasteiger partial charge on any atom is 0.328 e. The Morgan fingerprint density at radius 1 is 1.62 bits per heavy atom. The van der Waals surface area contributed by atoms with Gasteiger partial charge in [-0.1, -0.05) is 11.6 Å². The van der Waals surface area contributed by atoms with E-state index in [1.54, 1.807) is 0 Å². The standard InChI is InChI=1S/C10H16N2O4/c1-7-3-2-4-12(5-7)10(16)11-8(6-13)9(14)15/h3,8,13H,2,4-6H2,1H3,(H,11,16)(H,14,15). The molecular weight excluding hydrogens is 212 g/mol. The van der Waals surface area contributed by atoms with Crippen molar-refractivity contribution in [2.24, 2.45) is 0 Å². The molecular formula is C10H16N2O4. The van der Waals surface area contributed by atoms with Crippen LogP contribution in [-0.2, 0) is 4.79 Å². The zero-order chi connectivity index (χ0) is 12.1. The predicted octanol–water partition coefficient (Wildman–Crippen LogP) is -0.207. The van der Waals surface area contributed by atoms with Crippen LogP contribution in [0.4, 0.5) is 4.79 Å². The number of carbonyl (C=O) groups excluding carboxylic acids is 1. The molecule has 0 aliphatic carbocycles. The van der Waals surface area contributed by atoms with E-state index in [9.17, 15) is 9.59 Å². The van der Waals surface area contributed by atoms with Gasteiger partial charge in [-0.3, -0.25) is 0 Å². The van der Waals surface area contributed by atoms with Crippen molar-refractivity contribution >= 4 is 12.0 Å². The fourth-order valence-corrected chi connectivity index (χ4v) is 1.51. The van der Waals surface area contributed by atoms with Crippen LogP contribution in [0.5, 0.6) is 0 Å². The topological polar surface area (TPSA) is 89.9 Å². The van der Waals surface area contributed by atoms with Gasteiger partial charge >= 0.3 is 12.0 Å². The van der Waals surface area contributed by atoms with Gasteiger partial charge in [0.15, 0.2) is 6.04 Å². The van der Waals surface area contributed by atoms with Crippen molar-refractivity contribution in [1.82, 2.24) is 10.2 Å². The van der Waals surface area contributed by atoms with Gasteiger partial charge in [0, 0.05) is 13.1 Å². The van der Waals surface area contributed by atoms with E-state index in [1.165, 1.54) is 4.90 Å². The number of aliphatic carboxylic acids is 1. The quantitative estimate of drug-likeness (QED) is 0.583. The van der Waals surface area contributed by atoms with E-state index in [-0.39, 0.29) is 0 Å². The average Bonchev–Trinajstić information content (AvgIpc) is 2.25. The number of rotatable bonds is 3. The van der Waals surface area contributed by atoms with Crippen LogP contribution in [0, 0.1) is 0 Å². The van der Waals surface area contributed by atoms with Crippen molar-refractivity contribution in [2.75, 3.05) is 19.7 Å². The summed E-state index contributed by atoms with van der Waals surface area (Å²) in [7, 11) is 0. The Morgan fingerprint density at radius 3 is 2.81 bits per heavy atom. The number of carboxylic acid groups (broad SMARTS) is 1. The van der Waals surface area contributed by atoms with Gasteiger partial charge in [-0.2, -0.15) is 0 Å². The highest BCUT2D eigenvalue weighted by Crippen LogP contribution is 2.08. The van der Waals surface area contributed by atoms with Gasteiger partial charge in [0.2, 0.25) is 0 Å². The predicted molar refractivity (Wildman–Crippen MR) is 57.0 cm³/mol. The molecule has 2 amide bonds. The highest BCUT2D eigenvalue weighted by atomic mass is 16.4. The molecule has 16 heavy (non-hydrogen) atoms. The van der Waals surface area contributed by atoms with Crippen LogP contribution >= 0.6 is 0 Å². The number of hydrogen-bond donors (Lipinski definition) is 3. The third kappa shape index (κ3) is 3.23. The van der Waals surface area contributed by atoms with Gasteiger partial charge in [0.1, 0.15) is 0 Å². The van der Waals surface area contributed by atoms with E-state index >= 15 is 0 Å². The number of nitrogens with zero attached hydrogens (tertiary/aromatic N) is 1. The summed E-state index contributed by atoms with van der Waals surface area (Å²) in [4.78, 5) is 23.8. The van der Waals surface area contributed by atoms with E-state index in [1.807, 2.05) is 13.0 Å². The van der Waals surface area contributed by atoms with Crippen molar-refractivity contribution in [3.8, 4) is 0 Å². The molecule has 0 spiro atoms. The molecule has 3 N–H and O–H groups in total. The highest BCUT2D eigenvalue weighted by molar-refractivity contribution is 5.82. The smallest absolute Gasteiger partial charge is 0.328 e. The molecule has 0 aromatic carbocycles. The number of carbonyl (C=O) groups is 2. The lowest BCUT2D eigenvalue weighted by molar-refractivity contribution is -0.140. The SMILES string of the molecule is CC1=CCCN(C(=O)NC(CO)C(=O)O)C1. The minimum absolute atomic E-state index is 0.450. The normalized spacial score (nSPS) is 17.6. The lowest BCUT2D eigenvalue weighted by Crippen LogP contribution is -2.50. The second kappa shape index (κ2) is 5.50. The Bertz CT molecular complexity index is 314. The molecule has 0 aromatic rings. The summed E-state index contributed by atoms with van der Waals surface area (Å²) >= 11 is 0. The first kappa shape index (κ1) is 12.5. The minimum atomic E-state index is -1.24. The second-order valence-corrected chi connectivity index (χ2v) is 3.78. The van der Waals surface area contributed by atoms with E-state index in [2.05, 4.69) is 5.32 Å². The van der Waals surface area contributed by atoms with E-state index in [0.717, 1.165) is 12.0 Å². The maximum atomic E-state index is 11.6. The number of carboxylic acids is 1. The molecule has 1 heterocycles. The Kier molecular flexibility index (Phi) is 4.30. The van der Waals surface area contributed by atoms with Crippen LogP contribution in [-0.4, -0.2) is 52.9 Å². The number of amides is 2. The summed E-state index contributed by atoms with van der Waals surface area (Å²) in [5, 5.41) is 19.7.